The summed E-state index contributed by atoms with van der Waals surface area (Å²) in [6.07, 6.45) is 0.626. The number of amides is 1. The van der Waals surface area contributed by atoms with E-state index in [0.717, 1.165) is 11.1 Å². The molecule has 3 rings (SSSR count). The molecular weight excluding hydrogens is 361 g/mol. The zero-order valence-corrected chi connectivity index (χ0v) is 15.2. The Labute approximate surface area is 155 Å². The molecular formula is C19H17Cl2NO3. The number of benzene rings is 2. The van der Waals surface area contributed by atoms with Gasteiger partial charge in [0.05, 0.1) is 22.2 Å². The van der Waals surface area contributed by atoms with Crippen LogP contribution in [0.15, 0.2) is 41.3 Å². The van der Waals surface area contributed by atoms with Gasteiger partial charge in [-0.15, -0.1) is 0 Å². The lowest BCUT2D eigenvalue weighted by molar-refractivity contribution is 0.102. The van der Waals surface area contributed by atoms with E-state index in [1.54, 1.807) is 24.3 Å². The molecule has 0 aliphatic carbocycles. The van der Waals surface area contributed by atoms with Crippen molar-refractivity contribution >= 4 is 51.5 Å². The number of hydrogen-bond acceptors (Lipinski definition) is 3. The normalized spacial score (nSPS) is 11.2. The maximum Gasteiger partial charge on any atom is 0.260 e. The number of nitrogens with one attached hydrogen (secondary N) is 1. The van der Waals surface area contributed by atoms with Gasteiger partial charge in [0.25, 0.3) is 5.91 Å². The average Bonchev–Trinajstić information content (AvgIpc) is 3.19. The summed E-state index contributed by atoms with van der Waals surface area (Å²) in [7, 11) is 0. The minimum Gasteiger partial charge on any atom is -0.456 e. The second-order valence-electron chi connectivity index (χ2n) is 5.55. The average molecular weight is 378 g/mol. The van der Waals surface area contributed by atoms with E-state index >= 15 is 0 Å². The molecule has 2 bridgehead atoms. The van der Waals surface area contributed by atoms with Gasteiger partial charge in [0.2, 0.25) is 0 Å². The first-order chi connectivity index (χ1) is 12.0. The van der Waals surface area contributed by atoms with Gasteiger partial charge in [-0.3, -0.25) is 4.79 Å². The van der Waals surface area contributed by atoms with Crippen molar-refractivity contribution in [2.24, 2.45) is 0 Å². The van der Waals surface area contributed by atoms with Crippen molar-refractivity contribution in [1.29, 1.82) is 0 Å². The topological polar surface area (TPSA) is 51.5 Å². The number of halogens is 2. The third kappa shape index (κ3) is 3.66. The van der Waals surface area contributed by atoms with Crippen LogP contribution in [0.1, 0.15) is 29.3 Å². The number of ether oxygens (including phenoxy) is 1. The predicted molar refractivity (Wildman–Crippen MR) is 102 cm³/mol. The highest BCUT2D eigenvalue weighted by Crippen LogP contribution is 2.35. The molecule has 1 aromatic carbocycles. The predicted octanol–water partition coefficient (Wildman–Crippen LogP) is 5.87. The summed E-state index contributed by atoms with van der Waals surface area (Å²) < 4.78 is 11.0. The Morgan fingerprint density at radius 2 is 1.88 bits per heavy atom. The molecule has 0 aliphatic heterocycles. The molecule has 6 heteroatoms. The van der Waals surface area contributed by atoms with Crippen LogP contribution in [0.25, 0.3) is 16.7 Å². The van der Waals surface area contributed by atoms with Gasteiger partial charge in [-0.1, -0.05) is 29.8 Å². The second kappa shape index (κ2) is 7.48. The van der Waals surface area contributed by atoms with Crippen molar-refractivity contribution in [2.45, 2.75) is 13.3 Å². The van der Waals surface area contributed by atoms with Gasteiger partial charge in [-0.05, 0) is 49.2 Å². The first-order valence-corrected chi connectivity index (χ1v) is 8.64. The molecule has 0 spiro atoms. The smallest absolute Gasteiger partial charge is 0.260 e. The Morgan fingerprint density at radius 1 is 1.16 bits per heavy atom. The molecule has 0 saturated heterocycles. The largest absolute Gasteiger partial charge is 0.456 e. The zero-order chi connectivity index (χ0) is 18.0. The lowest BCUT2D eigenvalue weighted by Gasteiger charge is -2.10. The molecule has 0 radical (unpaired) electrons. The van der Waals surface area contributed by atoms with Gasteiger partial charge in [-0.25, -0.2) is 0 Å². The zero-order valence-electron chi connectivity index (χ0n) is 13.7. The van der Waals surface area contributed by atoms with Crippen LogP contribution in [-0.2, 0) is 4.74 Å². The molecule has 4 nitrogen and oxygen atoms in total. The van der Waals surface area contributed by atoms with E-state index in [-0.39, 0.29) is 5.91 Å². The SMILES string of the molecule is C=C(CCOCC)c1c(C(=O)Nc2ccc(Cl)c(Cl)c2)c2ccc1o2. The molecule has 1 N–H and O–H groups in total. The lowest BCUT2D eigenvalue weighted by atomic mass is 9.98. The molecule has 2 aromatic heterocycles. The van der Waals surface area contributed by atoms with Crippen LogP contribution in [0.5, 0.6) is 0 Å². The molecule has 0 fully saturated rings. The number of hydrogen-bond donors (Lipinski definition) is 1. The van der Waals surface area contributed by atoms with Gasteiger partial charge in [-0.2, -0.15) is 0 Å². The summed E-state index contributed by atoms with van der Waals surface area (Å²) in [6.45, 7) is 7.21. The van der Waals surface area contributed by atoms with E-state index in [0.29, 0.717) is 52.1 Å². The Morgan fingerprint density at radius 3 is 2.56 bits per heavy atom. The summed E-state index contributed by atoms with van der Waals surface area (Å²) in [5, 5.41) is 3.63. The number of anilines is 1. The monoisotopic (exact) mass is 377 g/mol. The molecule has 0 unspecified atom stereocenters. The van der Waals surface area contributed by atoms with Crippen LogP contribution < -0.4 is 5.32 Å². The Bertz CT molecular complexity index is 917. The summed E-state index contributed by atoms with van der Waals surface area (Å²) in [5.74, 6) is -0.278. The third-order valence-corrected chi connectivity index (χ3v) is 4.60. The summed E-state index contributed by atoms with van der Waals surface area (Å²) in [6, 6.07) is 8.55. The number of carbonyl (C=O) groups is 1. The first kappa shape index (κ1) is 17.8. The molecule has 1 amide bonds. The maximum atomic E-state index is 12.8. The van der Waals surface area contributed by atoms with Crippen molar-refractivity contribution in [3.8, 4) is 0 Å². The number of carbonyl (C=O) groups excluding carboxylic acids is 1. The lowest BCUT2D eigenvalue weighted by Crippen LogP contribution is -2.13. The number of rotatable bonds is 7. The van der Waals surface area contributed by atoms with E-state index in [2.05, 4.69) is 11.9 Å². The number of fused-ring (bicyclic) bond motifs is 2. The molecule has 130 valence electrons. The van der Waals surface area contributed by atoms with Crippen molar-refractivity contribution in [3.05, 3.63) is 58.1 Å². The minimum absolute atomic E-state index is 0.278. The minimum atomic E-state index is -0.278. The van der Waals surface area contributed by atoms with Crippen molar-refractivity contribution in [2.75, 3.05) is 18.5 Å². The number of furan rings is 2. The molecule has 0 aliphatic rings. The van der Waals surface area contributed by atoms with Crippen LogP contribution >= 0.6 is 23.2 Å². The standard InChI is InChI=1S/C19H17Cl2NO3/c1-3-24-9-8-11(2)17-15-6-7-16(25-15)18(17)19(23)22-12-4-5-13(20)14(21)10-12/h4-7,10H,2-3,8-9H2,1H3,(H,22,23). The van der Waals surface area contributed by atoms with Crippen LogP contribution in [0.2, 0.25) is 10.0 Å². The molecule has 2 heterocycles. The van der Waals surface area contributed by atoms with Crippen LogP contribution in [0.4, 0.5) is 5.69 Å². The fraction of sp³-hybridized carbons (Fsp3) is 0.211. The highest BCUT2D eigenvalue weighted by atomic mass is 35.5. The fourth-order valence-corrected chi connectivity index (χ4v) is 2.96. The quantitative estimate of drug-likeness (QED) is 0.523. The van der Waals surface area contributed by atoms with E-state index in [4.69, 9.17) is 32.4 Å². The van der Waals surface area contributed by atoms with Gasteiger partial charge < -0.3 is 14.5 Å². The summed E-state index contributed by atoms with van der Waals surface area (Å²) in [5.41, 5.74) is 3.75. The van der Waals surface area contributed by atoms with Crippen molar-refractivity contribution in [3.63, 3.8) is 0 Å². The van der Waals surface area contributed by atoms with Gasteiger partial charge in [0.1, 0.15) is 11.2 Å². The van der Waals surface area contributed by atoms with E-state index in [1.165, 1.54) is 0 Å². The molecule has 3 aromatic rings. The van der Waals surface area contributed by atoms with Crippen molar-refractivity contribution < 1.29 is 13.9 Å². The van der Waals surface area contributed by atoms with E-state index < -0.39 is 0 Å². The van der Waals surface area contributed by atoms with Gasteiger partial charge >= 0.3 is 0 Å². The highest BCUT2D eigenvalue weighted by Gasteiger charge is 2.24. The highest BCUT2D eigenvalue weighted by molar-refractivity contribution is 6.42. The van der Waals surface area contributed by atoms with E-state index in [1.807, 2.05) is 13.0 Å². The van der Waals surface area contributed by atoms with Crippen LogP contribution in [-0.4, -0.2) is 19.1 Å². The Kier molecular flexibility index (Phi) is 5.33. The Hall–Kier alpha value is -2.01. The van der Waals surface area contributed by atoms with Crippen LogP contribution in [0, 0.1) is 0 Å². The van der Waals surface area contributed by atoms with Gasteiger partial charge in [0.15, 0.2) is 0 Å². The van der Waals surface area contributed by atoms with Crippen molar-refractivity contribution in [1.82, 2.24) is 0 Å². The molecule has 25 heavy (non-hydrogen) atoms. The van der Waals surface area contributed by atoms with E-state index in [9.17, 15) is 4.79 Å². The second-order valence-corrected chi connectivity index (χ2v) is 6.36. The Balaban J connectivity index is 1.85. The molecule has 0 atom stereocenters. The maximum absolute atomic E-state index is 12.8. The van der Waals surface area contributed by atoms with Gasteiger partial charge in [0, 0.05) is 17.9 Å². The molecule has 0 saturated carbocycles. The summed E-state index contributed by atoms with van der Waals surface area (Å²) in [4.78, 5) is 12.8. The summed E-state index contributed by atoms with van der Waals surface area (Å²) >= 11 is 11.9. The fourth-order valence-electron chi connectivity index (χ4n) is 2.66. The third-order valence-electron chi connectivity index (χ3n) is 3.86. The first-order valence-electron chi connectivity index (χ1n) is 7.88. The van der Waals surface area contributed by atoms with Crippen LogP contribution in [0.3, 0.4) is 0 Å².